The van der Waals surface area contributed by atoms with Crippen LogP contribution in [0, 0.1) is 17.8 Å². The summed E-state index contributed by atoms with van der Waals surface area (Å²) in [6.45, 7) is 6.00. The van der Waals surface area contributed by atoms with Crippen LogP contribution in [0.4, 0.5) is 0 Å². The van der Waals surface area contributed by atoms with Crippen molar-refractivity contribution in [2.45, 2.75) is 110 Å². The molecule has 0 spiro atoms. The van der Waals surface area contributed by atoms with Crippen molar-refractivity contribution in [3.05, 3.63) is 12.2 Å². The van der Waals surface area contributed by atoms with E-state index in [-0.39, 0.29) is 42.1 Å². The van der Waals surface area contributed by atoms with Crippen LogP contribution in [-0.4, -0.2) is 60.5 Å². The average Bonchev–Trinajstić information content (AvgIpc) is 2.81. The fourth-order valence-electron chi connectivity index (χ4n) is 4.74. The molecule has 0 radical (unpaired) electrons. The summed E-state index contributed by atoms with van der Waals surface area (Å²) >= 11 is 0. The third-order valence-corrected chi connectivity index (χ3v) is 6.80. The molecule has 2 unspecified atom stereocenters. The fourth-order valence-corrected chi connectivity index (χ4v) is 4.74. The van der Waals surface area contributed by atoms with E-state index in [0.29, 0.717) is 19.3 Å². The SMILES string of the molecule is CCCCCCCC1CCC/C=C\CC(C(=O)N(C)C)C[C@@H](CO)NC(=O)[C@H](CC(C)C)NC1=O. The van der Waals surface area contributed by atoms with E-state index >= 15 is 0 Å². The number of hydrogen-bond donors (Lipinski definition) is 3. The minimum absolute atomic E-state index is 0.0122. The Labute approximate surface area is 213 Å². The van der Waals surface area contributed by atoms with Crippen LogP contribution in [0.15, 0.2) is 12.2 Å². The van der Waals surface area contributed by atoms with Gasteiger partial charge in [0, 0.05) is 25.9 Å². The van der Waals surface area contributed by atoms with Gasteiger partial charge in [-0.2, -0.15) is 0 Å². The second-order valence-corrected chi connectivity index (χ2v) is 10.8. The number of amides is 3. The van der Waals surface area contributed by atoms with E-state index in [1.54, 1.807) is 19.0 Å². The van der Waals surface area contributed by atoms with Crippen LogP contribution < -0.4 is 10.6 Å². The first-order valence-corrected chi connectivity index (χ1v) is 13.8. The summed E-state index contributed by atoms with van der Waals surface area (Å²) in [6, 6.07) is -1.19. The molecule has 202 valence electrons. The number of aliphatic hydroxyl groups is 1. The van der Waals surface area contributed by atoms with Crippen molar-refractivity contribution in [3.8, 4) is 0 Å². The van der Waals surface area contributed by atoms with Crippen LogP contribution in [0.2, 0.25) is 0 Å². The Morgan fingerprint density at radius 1 is 1.09 bits per heavy atom. The minimum Gasteiger partial charge on any atom is -0.394 e. The largest absolute Gasteiger partial charge is 0.394 e. The lowest BCUT2D eigenvalue weighted by Crippen LogP contribution is -2.52. The minimum atomic E-state index is -0.648. The molecule has 0 aromatic carbocycles. The van der Waals surface area contributed by atoms with Gasteiger partial charge in [0.15, 0.2) is 0 Å². The van der Waals surface area contributed by atoms with Crippen molar-refractivity contribution in [3.63, 3.8) is 0 Å². The molecule has 0 saturated heterocycles. The Balaban J connectivity index is 3.07. The number of nitrogens with zero attached hydrogens (tertiary/aromatic N) is 1. The Morgan fingerprint density at radius 2 is 1.80 bits per heavy atom. The smallest absolute Gasteiger partial charge is 0.242 e. The van der Waals surface area contributed by atoms with Crippen molar-refractivity contribution < 1.29 is 19.5 Å². The van der Waals surface area contributed by atoms with Crippen molar-refractivity contribution in [2.24, 2.45) is 17.8 Å². The number of carbonyl (C=O) groups excluding carboxylic acids is 3. The molecular formula is C28H51N3O4. The van der Waals surface area contributed by atoms with Gasteiger partial charge >= 0.3 is 0 Å². The third-order valence-electron chi connectivity index (χ3n) is 6.80. The standard InChI is InChI=1S/C28H51N3O4/c1-6-7-8-9-12-15-22-16-13-10-11-14-17-23(28(35)31(4)5)19-24(20-32)29-27(34)25(18-21(2)3)30-26(22)33/h11,14,21-25,32H,6-10,12-13,15-20H2,1-5H3,(H,29,34)(H,30,33)/b14-11-/t22?,23?,24-,25-/m0/s1. The van der Waals surface area contributed by atoms with E-state index in [9.17, 15) is 19.5 Å². The van der Waals surface area contributed by atoms with E-state index in [4.69, 9.17) is 0 Å². The summed E-state index contributed by atoms with van der Waals surface area (Å²) in [5.74, 6) is -0.537. The Hall–Kier alpha value is -1.89. The topological polar surface area (TPSA) is 98.7 Å². The highest BCUT2D eigenvalue weighted by Crippen LogP contribution is 2.21. The summed E-state index contributed by atoms with van der Waals surface area (Å²) in [5.41, 5.74) is 0. The molecule has 1 heterocycles. The van der Waals surface area contributed by atoms with Gasteiger partial charge in [-0.1, -0.05) is 65.0 Å². The number of aliphatic hydroxyl groups excluding tert-OH is 1. The summed E-state index contributed by atoms with van der Waals surface area (Å²) in [4.78, 5) is 40.8. The molecule has 7 heteroatoms. The molecule has 35 heavy (non-hydrogen) atoms. The number of unbranched alkanes of at least 4 members (excludes halogenated alkanes) is 4. The number of nitrogens with one attached hydrogen (secondary N) is 2. The number of rotatable bonds is 10. The molecule has 0 fully saturated rings. The van der Waals surface area contributed by atoms with Crippen LogP contribution in [0.1, 0.15) is 97.8 Å². The highest BCUT2D eigenvalue weighted by atomic mass is 16.3. The molecule has 0 bridgehead atoms. The van der Waals surface area contributed by atoms with Crippen molar-refractivity contribution in [1.82, 2.24) is 15.5 Å². The molecule has 1 aliphatic heterocycles. The maximum atomic E-state index is 13.3. The molecule has 0 saturated carbocycles. The van der Waals surface area contributed by atoms with E-state index in [0.717, 1.165) is 38.5 Å². The zero-order valence-electron chi connectivity index (χ0n) is 22.9. The maximum Gasteiger partial charge on any atom is 0.242 e. The molecule has 3 amide bonds. The molecule has 0 aliphatic carbocycles. The van der Waals surface area contributed by atoms with E-state index < -0.39 is 12.1 Å². The van der Waals surface area contributed by atoms with Gasteiger partial charge in [0.25, 0.3) is 0 Å². The van der Waals surface area contributed by atoms with Gasteiger partial charge in [0.1, 0.15) is 6.04 Å². The first-order valence-electron chi connectivity index (χ1n) is 13.8. The zero-order chi connectivity index (χ0) is 26.2. The van der Waals surface area contributed by atoms with Gasteiger partial charge in [-0.15, -0.1) is 0 Å². The molecule has 3 N–H and O–H groups in total. The quantitative estimate of drug-likeness (QED) is 0.314. The van der Waals surface area contributed by atoms with E-state index in [1.165, 1.54) is 19.3 Å². The molecule has 0 aromatic rings. The lowest BCUT2D eigenvalue weighted by molar-refractivity contribution is -0.134. The molecule has 1 rings (SSSR count). The predicted molar refractivity (Wildman–Crippen MR) is 142 cm³/mol. The van der Waals surface area contributed by atoms with Crippen LogP contribution >= 0.6 is 0 Å². The van der Waals surface area contributed by atoms with Crippen molar-refractivity contribution in [1.29, 1.82) is 0 Å². The fraction of sp³-hybridized carbons (Fsp3) is 0.821. The van der Waals surface area contributed by atoms with Gasteiger partial charge < -0.3 is 20.6 Å². The Morgan fingerprint density at radius 3 is 2.43 bits per heavy atom. The number of allylic oxidation sites excluding steroid dienone is 2. The zero-order valence-corrected chi connectivity index (χ0v) is 22.9. The molecule has 7 nitrogen and oxygen atoms in total. The van der Waals surface area contributed by atoms with Crippen molar-refractivity contribution in [2.75, 3.05) is 20.7 Å². The monoisotopic (exact) mass is 493 g/mol. The van der Waals surface area contributed by atoms with Gasteiger partial charge in [-0.3, -0.25) is 14.4 Å². The summed E-state index contributed by atoms with van der Waals surface area (Å²) in [7, 11) is 3.45. The highest BCUT2D eigenvalue weighted by Gasteiger charge is 2.29. The normalized spacial score (nSPS) is 25.8. The summed E-state index contributed by atoms with van der Waals surface area (Å²) in [5, 5.41) is 15.9. The van der Waals surface area contributed by atoms with Crippen molar-refractivity contribution >= 4 is 17.7 Å². The molecule has 1 aliphatic rings. The third kappa shape index (κ3) is 12.6. The number of hydrogen-bond acceptors (Lipinski definition) is 4. The average molecular weight is 494 g/mol. The Kier molecular flexibility index (Phi) is 15.6. The van der Waals surface area contributed by atoms with Crippen LogP contribution in [-0.2, 0) is 14.4 Å². The summed E-state index contributed by atoms with van der Waals surface area (Å²) in [6.07, 6.45) is 14.7. The van der Waals surface area contributed by atoms with Gasteiger partial charge in [-0.05, 0) is 50.9 Å². The first-order chi connectivity index (χ1) is 16.7. The number of carbonyl (C=O) groups is 3. The second kappa shape index (κ2) is 17.5. The van der Waals surface area contributed by atoms with E-state index in [1.807, 2.05) is 19.9 Å². The highest BCUT2D eigenvalue weighted by molar-refractivity contribution is 5.88. The maximum absolute atomic E-state index is 13.3. The molecule has 0 aromatic heterocycles. The van der Waals surface area contributed by atoms with Gasteiger partial charge in [0.2, 0.25) is 17.7 Å². The van der Waals surface area contributed by atoms with Gasteiger partial charge in [0.05, 0.1) is 12.6 Å². The van der Waals surface area contributed by atoms with Crippen LogP contribution in [0.5, 0.6) is 0 Å². The predicted octanol–water partition coefficient (Wildman–Crippen LogP) is 4.20. The lowest BCUT2D eigenvalue weighted by Gasteiger charge is -2.27. The lowest BCUT2D eigenvalue weighted by atomic mass is 9.93. The summed E-state index contributed by atoms with van der Waals surface area (Å²) < 4.78 is 0. The first kappa shape index (κ1) is 31.1. The molecular weight excluding hydrogens is 442 g/mol. The Bertz CT molecular complexity index is 663. The molecule has 4 atom stereocenters. The van der Waals surface area contributed by atoms with Gasteiger partial charge in [-0.25, -0.2) is 0 Å². The van der Waals surface area contributed by atoms with Crippen LogP contribution in [0.3, 0.4) is 0 Å². The second-order valence-electron chi connectivity index (χ2n) is 10.8. The van der Waals surface area contributed by atoms with Crippen LogP contribution in [0.25, 0.3) is 0 Å². The van der Waals surface area contributed by atoms with E-state index in [2.05, 4.69) is 23.6 Å².